The summed E-state index contributed by atoms with van der Waals surface area (Å²) in [5, 5.41) is 3.35. The minimum absolute atomic E-state index is 1.08. The smallest absolute Gasteiger partial charge is 0.0803 e. The Bertz CT molecular complexity index is 683. The molecule has 0 fully saturated rings. The van der Waals surface area contributed by atoms with Crippen molar-refractivity contribution in [1.82, 2.24) is 14.8 Å². The fraction of sp³-hybridized carbons (Fsp3) is 0.0769. The minimum atomic E-state index is 1.08. The van der Waals surface area contributed by atoms with Gasteiger partial charge >= 0.3 is 0 Å². The summed E-state index contributed by atoms with van der Waals surface area (Å²) in [5.74, 6) is 0. The number of hydrogen-bond acceptors (Lipinski definition) is 0. The monoisotopic (exact) mass is 211 g/mol. The van der Waals surface area contributed by atoms with E-state index >= 15 is 0 Å². The molecule has 0 aliphatic carbocycles. The normalized spacial score (nSPS) is 10.8. The quantitative estimate of drug-likeness (QED) is 0.573. The molecule has 3 nitrogen and oxygen atoms in total. The van der Waals surface area contributed by atoms with Crippen LogP contribution in [-0.2, 0) is 7.05 Å². The van der Waals surface area contributed by atoms with E-state index < -0.39 is 0 Å². The Balaban J connectivity index is 2.60. The molecule has 3 rings (SSSR count). The van der Waals surface area contributed by atoms with Gasteiger partial charge in [0.25, 0.3) is 0 Å². The number of aromatic nitrogens is 3. The molecule has 0 saturated heterocycles. The molecule has 1 aromatic heterocycles. The van der Waals surface area contributed by atoms with Crippen molar-refractivity contribution in [3.8, 4) is 0 Å². The number of rotatable bonds is 0. The Morgan fingerprint density at radius 3 is 2.25 bits per heavy atom. The van der Waals surface area contributed by atoms with Gasteiger partial charge in [-0.1, -0.05) is 24.3 Å². The highest BCUT2D eigenvalue weighted by Gasteiger charge is 1.96. The van der Waals surface area contributed by atoms with Crippen molar-refractivity contribution in [2.45, 2.75) is 0 Å². The van der Waals surface area contributed by atoms with Gasteiger partial charge in [0.1, 0.15) is 0 Å². The maximum atomic E-state index is 3.43. The van der Waals surface area contributed by atoms with Crippen LogP contribution in [0.15, 0.2) is 48.5 Å². The van der Waals surface area contributed by atoms with E-state index in [4.69, 9.17) is 0 Å². The van der Waals surface area contributed by atoms with Crippen LogP contribution in [0.25, 0.3) is 22.1 Å². The van der Waals surface area contributed by atoms with Crippen LogP contribution in [0.2, 0.25) is 0 Å². The maximum absolute atomic E-state index is 3.43. The van der Waals surface area contributed by atoms with Crippen LogP contribution in [0.1, 0.15) is 0 Å². The molecule has 3 aromatic rings. The number of para-hydroxylation sites is 4. The third-order valence-electron chi connectivity index (χ3n) is 2.75. The third kappa shape index (κ3) is 1.37. The molecule has 3 heteroatoms. The minimum Gasteiger partial charge on any atom is -0.352 e. The van der Waals surface area contributed by atoms with E-state index in [1.807, 2.05) is 36.0 Å². The lowest BCUT2D eigenvalue weighted by atomic mass is 10.3. The topological polar surface area (TPSA) is 36.5 Å². The van der Waals surface area contributed by atoms with E-state index in [0.717, 1.165) is 22.1 Å². The average Bonchev–Trinajstić information content (AvgIpc) is 2.45. The summed E-state index contributed by atoms with van der Waals surface area (Å²) < 4.78 is 2.02. The highest BCUT2D eigenvalue weighted by atomic mass is 15.2. The van der Waals surface area contributed by atoms with Crippen molar-refractivity contribution in [1.29, 1.82) is 0 Å². The largest absolute Gasteiger partial charge is 0.352 e. The maximum Gasteiger partial charge on any atom is 0.0803 e. The van der Waals surface area contributed by atoms with E-state index in [0.29, 0.717) is 0 Å². The summed E-state index contributed by atoms with van der Waals surface area (Å²) >= 11 is 0. The van der Waals surface area contributed by atoms with Gasteiger partial charge in [-0.3, -0.25) is 9.78 Å². The fourth-order valence-corrected chi connectivity index (χ4v) is 1.95. The number of hydrogen-bond donors (Lipinski definition) is 2. The van der Waals surface area contributed by atoms with Gasteiger partial charge in [-0.2, -0.15) is 0 Å². The average molecular weight is 211 g/mol. The lowest BCUT2D eigenvalue weighted by Gasteiger charge is -1.98. The molecular weight excluding hydrogens is 198 g/mol. The van der Waals surface area contributed by atoms with Crippen molar-refractivity contribution in [2.24, 2.45) is 7.05 Å². The van der Waals surface area contributed by atoms with Crippen LogP contribution in [0.4, 0.5) is 0 Å². The Kier molecular flexibility index (Phi) is 1.96. The standard InChI is InChI=1S/C13H13N3/c1-16-13-9-5-4-8-12(13)14-10-6-2-3-7-11(10)15-16/h2-9,14-15H,1H3. The number of aromatic amines is 2. The van der Waals surface area contributed by atoms with E-state index in [-0.39, 0.29) is 0 Å². The first-order chi connectivity index (χ1) is 7.84. The molecule has 0 aliphatic heterocycles. The zero-order chi connectivity index (χ0) is 11.0. The molecule has 0 amide bonds. The Morgan fingerprint density at radius 2 is 1.44 bits per heavy atom. The number of aryl methyl sites for hydroxylation is 1. The lowest BCUT2D eigenvalue weighted by molar-refractivity contribution is 0.800. The molecule has 0 radical (unpaired) electrons. The number of nitrogens with zero attached hydrogens (tertiary/aromatic N) is 1. The van der Waals surface area contributed by atoms with Crippen molar-refractivity contribution in [2.75, 3.05) is 0 Å². The first-order valence-corrected chi connectivity index (χ1v) is 5.30. The zero-order valence-corrected chi connectivity index (χ0v) is 9.07. The molecule has 1 heterocycles. The first kappa shape index (κ1) is 9.09. The lowest BCUT2D eigenvalue weighted by Crippen LogP contribution is -1.93. The van der Waals surface area contributed by atoms with Crippen LogP contribution in [0.5, 0.6) is 0 Å². The molecule has 0 spiro atoms. The van der Waals surface area contributed by atoms with E-state index in [1.165, 1.54) is 0 Å². The molecule has 80 valence electrons. The second-order valence-corrected chi connectivity index (χ2v) is 3.86. The van der Waals surface area contributed by atoms with Crippen molar-refractivity contribution in [3.63, 3.8) is 0 Å². The van der Waals surface area contributed by atoms with E-state index in [2.05, 4.69) is 34.3 Å². The number of fused-ring (bicyclic) bond motifs is 2. The predicted molar refractivity (Wildman–Crippen MR) is 66.8 cm³/mol. The molecule has 2 aromatic carbocycles. The molecule has 16 heavy (non-hydrogen) atoms. The SMILES string of the molecule is Cn1[nH]c2ccccc2[nH]c2ccccc21. The fourth-order valence-electron chi connectivity index (χ4n) is 1.95. The summed E-state index contributed by atoms with van der Waals surface area (Å²) in [4.78, 5) is 3.43. The molecule has 0 saturated carbocycles. The number of benzene rings is 2. The Hall–Kier alpha value is -2.16. The molecule has 0 unspecified atom stereocenters. The van der Waals surface area contributed by atoms with Crippen LogP contribution in [-0.4, -0.2) is 14.8 Å². The van der Waals surface area contributed by atoms with E-state index in [1.54, 1.807) is 0 Å². The summed E-state index contributed by atoms with van der Waals surface area (Å²) in [6.45, 7) is 0. The van der Waals surface area contributed by atoms with Gasteiger partial charge in [0, 0.05) is 7.05 Å². The highest BCUT2D eigenvalue weighted by Crippen LogP contribution is 2.12. The van der Waals surface area contributed by atoms with Crippen LogP contribution < -0.4 is 0 Å². The van der Waals surface area contributed by atoms with Gasteiger partial charge in [0.2, 0.25) is 0 Å². The molecule has 0 atom stereocenters. The van der Waals surface area contributed by atoms with Crippen molar-refractivity contribution < 1.29 is 0 Å². The van der Waals surface area contributed by atoms with Crippen LogP contribution in [0.3, 0.4) is 0 Å². The predicted octanol–water partition coefficient (Wildman–Crippen LogP) is 3.11. The second kappa shape index (κ2) is 3.45. The van der Waals surface area contributed by atoms with Crippen molar-refractivity contribution >= 4 is 22.1 Å². The summed E-state index contributed by atoms with van der Waals surface area (Å²) in [6, 6.07) is 16.4. The molecule has 0 bridgehead atoms. The van der Waals surface area contributed by atoms with Crippen LogP contribution >= 0.6 is 0 Å². The van der Waals surface area contributed by atoms with Crippen LogP contribution in [0, 0.1) is 0 Å². The number of nitrogens with one attached hydrogen (secondary N) is 2. The van der Waals surface area contributed by atoms with Crippen molar-refractivity contribution in [3.05, 3.63) is 48.5 Å². The van der Waals surface area contributed by atoms with E-state index in [9.17, 15) is 0 Å². The second-order valence-electron chi connectivity index (χ2n) is 3.86. The summed E-state index contributed by atoms with van der Waals surface area (Å²) in [7, 11) is 2.02. The van der Waals surface area contributed by atoms with Gasteiger partial charge in [-0.05, 0) is 24.3 Å². The Morgan fingerprint density at radius 1 is 0.812 bits per heavy atom. The zero-order valence-electron chi connectivity index (χ0n) is 9.07. The molecular formula is C13H13N3. The van der Waals surface area contributed by atoms with Gasteiger partial charge in [-0.15, -0.1) is 0 Å². The highest BCUT2D eigenvalue weighted by molar-refractivity contribution is 5.81. The summed E-state index contributed by atoms with van der Waals surface area (Å²) in [6.07, 6.45) is 0. The number of H-pyrrole nitrogens is 2. The van der Waals surface area contributed by atoms with Gasteiger partial charge in [-0.25, -0.2) is 0 Å². The molecule has 2 N–H and O–H groups in total. The van der Waals surface area contributed by atoms with Gasteiger partial charge in [0.15, 0.2) is 0 Å². The van der Waals surface area contributed by atoms with Gasteiger partial charge < -0.3 is 4.98 Å². The first-order valence-electron chi connectivity index (χ1n) is 5.30. The summed E-state index contributed by atoms with van der Waals surface area (Å²) in [5.41, 5.74) is 4.43. The Labute approximate surface area is 93.0 Å². The van der Waals surface area contributed by atoms with Gasteiger partial charge in [0.05, 0.1) is 22.1 Å². The molecule has 0 aliphatic rings. The third-order valence-corrected chi connectivity index (χ3v) is 2.75.